The van der Waals surface area contributed by atoms with Gasteiger partial charge in [0.1, 0.15) is 5.82 Å². The van der Waals surface area contributed by atoms with Gasteiger partial charge in [0.25, 0.3) is 5.91 Å². The minimum Gasteiger partial charge on any atom is -0.369 e. The number of carbonyl (C=O) groups is 1. The highest BCUT2D eigenvalue weighted by molar-refractivity contribution is 6.00. The molecule has 2 aromatic rings. The van der Waals surface area contributed by atoms with E-state index in [-0.39, 0.29) is 11.7 Å². The molecule has 0 fully saturated rings. The predicted molar refractivity (Wildman–Crippen MR) is 112 cm³/mol. The number of fused-ring (bicyclic) bond motifs is 2. The summed E-state index contributed by atoms with van der Waals surface area (Å²) in [5.74, 6) is -0.304. The Hall–Kier alpha value is -2.64. The molecule has 0 saturated carbocycles. The molecule has 6 nitrogen and oxygen atoms in total. The number of hydrogen-bond donors (Lipinski definition) is 4. The first-order valence-electron chi connectivity index (χ1n) is 10.2. The number of benzene rings is 1. The smallest absolute Gasteiger partial charge is 0.256 e. The second kappa shape index (κ2) is 8.00. The van der Waals surface area contributed by atoms with E-state index in [1.54, 1.807) is 6.07 Å². The Labute approximate surface area is 169 Å². The maximum Gasteiger partial charge on any atom is 0.256 e. The van der Waals surface area contributed by atoms with E-state index in [1.165, 1.54) is 12.1 Å². The molecule has 0 aliphatic carbocycles. The van der Waals surface area contributed by atoms with Crippen molar-refractivity contribution in [2.24, 2.45) is 0 Å². The molecule has 1 atom stereocenters. The zero-order valence-corrected chi connectivity index (χ0v) is 16.8. The van der Waals surface area contributed by atoms with Gasteiger partial charge in [-0.25, -0.2) is 4.39 Å². The van der Waals surface area contributed by atoms with E-state index in [4.69, 9.17) is 0 Å². The number of amides is 1. The zero-order valence-electron chi connectivity index (χ0n) is 16.8. The molecule has 2 aliphatic heterocycles. The topological polar surface area (TPSA) is 80.4 Å². The maximum atomic E-state index is 13.7. The number of aliphatic hydroxyl groups is 1. The molecule has 1 amide bonds. The first-order valence-corrected chi connectivity index (χ1v) is 10.2. The van der Waals surface area contributed by atoms with E-state index >= 15 is 0 Å². The number of aromatic amines is 1. The largest absolute Gasteiger partial charge is 0.369 e. The quantitative estimate of drug-likeness (QED) is 0.584. The Kier molecular flexibility index (Phi) is 5.43. The zero-order chi connectivity index (χ0) is 20.5. The summed E-state index contributed by atoms with van der Waals surface area (Å²) in [7, 11) is 0. The van der Waals surface area contributed by atoms with Crippen LogP contribution in [0.15, 0.2) is 18.2 Å². The summed E-state index contributed by atoms with van der Waals surface area (Å²) < 4.78 is 13.7. The van der Waals surface area contributed by atoms with Gasteiger partial charge in [-0.05, 0) is 56.1 Å². The highest BCUT2D eigenvalue weighted by Crippen LogP contribution is 2.37. The summed E-state index contributed by atoms with van der Waals surface area (Å²) in [6, 6.07) is 4.41. The first-order chi connectivity index (χ1) is 14.0. The molecule has 1 unspecified atom stereocenters. The van der Waals surface area contributed by atoms with Crippen LogP contribution in [0.5, 0.6) is 0 Å². The summed E-state index contributed by atoms with van der Waals surface area (Å²) >= 11 is 0. The summed E-state index contributed by atoms with van der Waals surface area (Å²) in [6.07, 6.45) is 2.61. The Morgan fingerprint density at radius 3 is 3.03 bits per heavy atom. The fourth-order valence-corrected chi connectivity index (χ4v) is 4.18. The van der Waals surface area contributed by atoms with Gasteiger partial charge in [-0.1, -0.05) is 6.92 Å². The molecule has 1 aromatic heterocycles. The number of halogens is 1. The number of aryl methyl sites for hydroxylation is 1. The molecular weight excluding hydrogens is 371 g/mol. The molecule has 4 N–H and O–H groups in total. The van der Waals surface area contributed by atoms with Crippen molar-refractivity contribution in [2.75, 3.05) is 31.5 Å². The van der Waals surface area contributed by atoms with Crippen LogP contribution in [0.1, 0.15) is 46.2 Å². The van der Waals surface area contributed by atoms with Gasteiger partial charge in [-0.3, -0.25) is 4.79 Å². The normalized spacial score (nSPS) is 19.9. The molecule has 4 rings (SSSR count). The van der Waals surface area contributed by atoms with Crippen molar-refractivity contribution in [1.29, 1.82) is 0 Å². The van der Waals surface area contributed by atoms with E-state index in [0.29, 0.717) is 23.4 Å². The van der Waals surface area contributed by atoms with Crippen molar-refractivity contribution in [3.05, 3.63) is 52.1 Å². The van der Waals surface area contributed by atoms with Crippen molar-refractivity contribution in [3.8, 4) is 0 Å². The number of carbonyl (C=O) groups excluding carboxylic acids is 1. The van der Waals surface area contributed by atoms with E-state index in [0.717, 1.165) is 55.0 Å². The van der Waals surface area contributed by atoms with Gasteiger partial charge in [-0.2, -0.15) is 0 Å². The van der Waals surface area contributed by atoms with Gasteiger partial charge in [0, 0.05) is 47.8 Å². The third kappa shape index (κ3) is 3.68. The third-order valence-electron chi connectivity index (χ3n) is 5.71. The lowest BCUT2D eigenvalue weighted by atomic mass is 10.0. The van der Waals surface area contributed by atoms with Crippen LogP contribution in [-0.2, 0) is 6.42 Å². The van der Waals surface area contributed by atoms with Gasteiger partial charge in [0.2, 0.25) is 0 Å². The van der Waals surface area contributed by atoms with Gasteiger partial charge in [-0.15, -0.1) is 0 Å². The van der Waals surface area contributed by atoms with Crippen LogP contribution in [-0.4, -0.2) is 53.3 Å². The monoisotopic (exact) mass is 398 g/mol. The van der Waals surface area contributed by atoms with Crippen molar-refractivity contribution >= 4 is 23.2 Å². The van der Waals surface area contributed by atoms with E-state index in [2.05, 4.69) is 22.5 Å². The van der Waals surface area contributed by atoms with Gasteiger partial charge in [0.15, 0.2) is 6.23 Å². The van der Waals surface area contributed by atoms with E-state index < -0.39 is 6.23 Å². The van der Waals surface area contributed by atoms with E-state index in [9.17, 15) is 14.3 Å². The van der Waals surface area contributed by atoms with Crippen LogP contribution < -0.4 is 10.6 Å². The standard InChI is InChI=1S/C22H27FN4O2/c1-3-24-8-10-27-9-4-5-18-20(22(27)29)13(2)19(25-18)12-16-15-11-14(23)6-7-17(15)26-21(16)28/h6-7,11-12,21,24-26,28H,3-5,8-10H2,1-2H3/b16-12-. The molecular formula is C22H27FN4O2. The highest BCUT2D eigenvalue weighted by Gasteiger charge is 2.29. The average Bonchev–Trinajstić information content (AvgIpc) is 3.11. The lowest BCUT2D eigenvalue weighted by Gasteiger charge is -2.21. The van der Waals surface area contributed by atoms with Crippen LogP contribution in [0.3, 0.4) is 0 Å². The number of likely N-dealkylation sites (N-methyl/N-ethyl adjacent to an activating group) is 1. The number of H-pyrrole nitrogens is 1. The second-order valence-electron chi connectivity index (χ2n) is 7.60. The number of rotatable bonds is 5. The van der Waals surface area contributed by atoms with Gasteiger partial charge < -0.3 is 25.6 Å². The number of nitrogens with zero attached hydrogens (tertiary/aromatic N) is 1. The lowest BCUT2D eigenvalue weighted by Crippen LogP contribution is -2.37. The minimum absolute atomic E-state index is 0.0466. The van der Waals surface area contributed by atoms with Crippen LogP contribution in [0.4, 0.5) is 10.1 Å². The summed E-state index contributed by atoms with van der Waals surface area (Å²) in [4.78, 5) is 18.4. The molecule has 0 spiro atoms. The minimum atomic E-state index is -0.915. The molecule has 154 valence electrons. The van der Waals surface area contributed by atoms with Crippen LogP contribution >= 0.6 is 0 Å². The number of anilines is 1. The maximum absolute atomic E-state index is 13.7. The molecule has 3 heterocycles. The summed E-state index contributed by atoms with van der Waals surface area (Å²) in [6.45, 7) is 7.06. The first kappa shape index (κ1) is 19.7. The fraction of sp³-hybridized carbons (Fsp3) is 0.409. The van der Waals surface area contributed by atoms with Crippen molar-refractivity contribution in [3.63, 3.8) is 0 Å². The molecule has 7 heteroatoms. The Bertz CT molecular complexity index is 966. The summed E-state index contributed by atoms with van der Waals surface area (Å²) in [5, 5.41) is 16.6. The number of aromatic nitrogens is 1. The second-order valence-corrected chi connectivity index (χ2v) is 7.60. The van der Waals surface area contributed by atoms with E-state index in [1.807, 2.05) is 17.9 Å². The Balaban J connectivity index is 1.68. The number of aliphatic hydroxyl groups excluding tert-OH is 1. The summed E-state index contributed by atoms with van der Waals surface area (Å²) in [5.41, 5.74) is 5.24. The van der Waals surface area contributed by atoms with Crippen LogP contribution in [0.25, 0.3) is 11.6 Å². The predicted octanol–water partition coefficient (Wildman–Crippen LogP) is 2.74. The third-order valence-corrected chi connectivity index (χ3v) is 5.71. The van der Waals surface area contributed by atoms with Gasteiger partial charge in [0.05, 0.1) is 5.56 Å². The molecule has 0 radical (unpaired) electrons. The van der Waals surface area contributed by atoms with Gasteiger partial charge >= 0.3 is 0 Å². The fourth-order valence-electron chi connectivity index (χ4n) is 4.18. The molecule has 29 heavy (non-hydrogen) atoms. The van der Waals surface area contributed by atoms with Crippen molar-refractivity contribution < 1.29 is 14.3 Å². The highest BCUT2D eigenvalue weighted by atomic mass is 19.1. The SMILES string of the molecule is CCNCCN1CCCc2[nH]c(/C=C3/c4cc(F)ccc4NC3O)c(C)c2C1=O. The lowest BCUT2D eigenvalue weighted by molar-refractivity contribution is 0.0762. The number of hydrogen-bond acceptors (Lipinski definition) is 4. The van der Waals surface area contributed by atoms with Crippen molar-refractivity contribution in [2.45, 2.75) is 32.9 Å². The van der Waals surface area contributed by atoms with Crippen molar-refractivity contribution in [1.82, 2.24) is 15.2 Å². The molecule has 0 saturated heterocycles. The molecule has 1 aromatic carbocycles. The molecule has 2 aliphatic rings. The average molecular weight is 398 g/mol. The molecule has 0 bridgehead atoms. The Morgan fingerprint density at radius 2 is 2.24 bits per heavy atom. The van der Waals surface area contributed by atoms with Crippen LogP contribution in [0, 0.1) is 12.7 Å². The van der Waals surface area contributed by atoms with Crippen LogP contribution in [0.2, 0.25) is 0 Å². The number of nitrogens with one attached hydrogen (secondary N) is 3. The Morgan fingerprint density at radius 1 is 1.41 bits per heavy atom.